The maximum absolute atomic E-state index is 4.17. The van der Waals surface area contributed by atoms with E-state index in [4.69, 9.17) is 0 Å². The van der Waals surface area contributed by atoms with Crippen LogP contribution in [0.4, 0.5) is 0 Å². The minimum absolute atomic E-state index is 0.690. The molecule has 0 radical (unpaired) electrons. The molecule has 0 saturated heterocycles. The third-order valence-electron chi connectivity index (χ3n) is 2.72. The Morgan fingerprint density at radius 3 is 1.53 bits per heavy atom. The summed E-state index contributed by atoms with van der Waals surface area (Å²) in [4.78, 5) is 6.63. The molecule has 0 aliphatic carbocycles. The first kappa shape index (κ1) is 16.1. The second-order valence-corrected chi connectivity index (χ2v) is 4.94. The largest absolute Gasteiger partial charge is 0.299 e. The summed E-state index contributed by atoms with van der Waals surface area (Å²) in [5.74, 6) is 0. The summed E-state index contributed by atoms with van der Waals surface area (Å²) in [6.07, 6.45) is 0. The Balaban J connectivity index is 0.000000302. The van der Waals surface area contributed by atoms with E-state index in [1.54, 1.807) is 0 Å². The van der Waals surface area contributed by atoms with Gasteiger partial charge in [0.1, 0.15) is 0 Å². The molecule has 0 atom stereocenters. The van der Waals surface area contributed by atoms with Crippen LogP contribution in [0.15, 0.2) is 18.2 Å². The van der Waals surface area contributed by atoms with Crippen molar-refractivity contribution in [1.29, 1.82) is 0 Å². The molecule has 0 aliphatic rings. The molecule has 0 N–H and O–H groups in total. The highest BCUT2D eigenvalue weighted by Gasteiger charge is 2.08. The summed E-state index contributed by atoms with van der Waals surface area (Å²) in [5.41, 5.74) is 2.18. The van der Waals surface area contributed by atoms with Gasteiger partial charge in [-0.3, -0.25) is 9.88 Å². The van der Waals surface area contributed by atoms with Crippen molar-refractivity contribution in [3.05, 3.63) is 29.6 Å². The lowest BCUT2D eigenvalue weighted by Crippen LogP contribution is -2.36. The minimum atomic E-state index is 0.690. The summed E-state index contributed by atoms with van der Waals surface area (Å²) in [5, 5.41) is 0. The van der Waals surface area contributed by atoms with Crippen molar-refractivity contribution in [2.24, 2.45) is 0 Å². The zero-order valence-electron chi connectivity index (χ0n) is 12.5. The van der Waals surface area contributed by atoms with Crippen molar-refractivity contribution in [1.82, 2.24) is 9.88 Å². The number of nitrogens with zero attached hydrogens (tertiary/aromatic N) is 2. The Morgan fingerprint density at radius 1 is 1.00 bits per heavy atom. The normalized spacial score (nSPS) is 10.7. The lowest BCUT2D eigenvalue weighted by Gasteiger charge is -2.28. The second-order valence-electron chi connectivity index (χ2n) is 4.94. The number of pyridine rings is 1. The first-order valence-electron chi connectivity index (χ1n) is 6.54. The average Bonchev–Trinajstić information content (AvgIpc) is 2.17. The molecular weight excluding hydrogens is 208 g/mol. The van der Waals surface area contributed by atoms with E-state index < -0.39 is 0 Å². The van der Waals surface area contributed by atoms with E-state index in [9.17, 15) is 0 Å². The number of hydrogen-bond acceptors (Lipinski definition) is 2. The van der Waals surface area contributed by atoms with Gasteiger partial charge < -0.3 is 0 Å². The Hall–Kier alpha value is -0.890. The number of rotatable bonds is 3. The van der Waals surface area contributed by atoms with Crippen molar-refractivity contribution in [3.63, 3.8) is 0 Å². The van der Waals surface area contributed by atoms with Gasteiger partial charge in [0.25, 0.3) is 0 Å². The SMILES string of the molecule is CCN(C(C)C)C(C)C.Cc1cccc(C)n1. The molecule has 1 heterocycles. The smallest absolute Gasteiger partial charge is 0.0375 e. The molecule has 0 fully saturated rings. The van der Waals surface area contributed by atoms with Gasteiger partial charge in [-0.2, -0.15) is 0 Å². The van der Waals surface area contributed by atoms with Crippen LogP contribution in [0.3, 0.4) is 0 Å². The van der Waals surface area contributed by atoms with Gasteiger partial charge in [-0.1, -0.05) is 13.0 Å². The molecule has 1 aromatic rings. The lowest BCUT2D eigenvalue weighted by atomic mass is 10.2. The zero-order valence-corrected chi connectivity index (χ0v) is 12.5. The molecule has 1 rings (SSSR count). The molecule has 17 heavy (non-hydrogen) atoms. The molecule has 0 unspecified atom stereocenters. The third kappa shape index (κ3) is 7.11. The molecule has 0 aromatic carbocycles. The van der Waals surface area contributed by atoms with E-state index >= 15 is 0 Å². The predicted octanol–water partition coefficient (Wildman–Crippen LogP) is 3.82. The fraction of sp³-hybridized carbons (Fsp3) is 0.667. The molecule has 0 spiro atoms. The summed E-state index contributed by atoms with van der Waals surface area (Å²) >= 11 is 0. The van der Waals surface area contributed by atoms with Crippen molar-refractivity contribution in [2.75, 3.05) is 6.54 Å². The van der Waals surface area contributed by atoms with Gasteiger partial charge in [0.05, 0.1) is 0 Å². The van der Waals surface area contributed by atoms with Gasteiger partial charge in [0.15, 0.2) is 0 Å². The second kappa shape index (κ2) is 8.24. The van der Waals surface area contributed by atoms with Crippen molar-refractivity contribution in [3.8, 4) is 0 Å². The third-order valence-corrected chi connectivity index (χ3v) is 2.72. The predicted molar refractivity (Wildman–Crippen MR) is 76.4 cm³/mol. The summed E-state index contributed by atoms with van der Waals surface area (Å²) < 4.78 is 0. The van der Waals surface area contributed by atoms with Gasteiger partial charge in [-0.05, 0) is 60.2 Å². The van der Waals surface area contributed by atoms with Crippen LogP contribution in [0, 0.1) is 13.8 Å². The van der Waals surface area contributed by atoms with Crippen molar-refractivity contribution in [2.45, 2.75) is 60.5 Å². The Kier molecular flexibility index (Phi) is 7.81. The van der Waals surface area contributed by atoms with Gasteiger partial charge in [-0.25, -0.2) is 0 Å². The van der Waals surface area contributed by atoms with Crippen LogP contribution < -0.4 is 0 Å². The highest BCUT2D eigenvalue weighted by atomic mass is 15.2. The highest BCUT2D eigenvalue weighted by molar-refractivity contribution is 5.07. The van der Waals surface area contributed by atoms with Crippen LogP contribution in [0.5, 0.6) is 0 Å². The number of aromatic nitrogens is 1. The zero-order chi connectivity index (χ0) is 13.4. The van der Waals surface area contributed by atoms with Crippen LogP contribution in [0.25, 0.3) is 0 Å². The Labute approximate surface area is 107 Å². The molecule has 0 amide bonds. The number of hydrogen-bond donors (Lipinski definition) is 0. The van der Waals surface area contributed by atoms with Crippen LogP contribution in [-0.2, 0) is 0 Å². The summed E-state index contributed by atoms with van der Waals surface area (Å²) in [6, 6.07) is 7.38. The molecule has 0 saturated carbocycles. The van der Waals surface area contributed by atoms with Crippen LogP contribution in [0.1, 0.15) is 46.0 Å². The van der Waals surface area contributed by atoms with Crippen LogP contribution in [0.2, 0.25) is 0 Å². The topological polar surface area (TPSA) is 16.1 Å². The fourth-order valence-corrected chi connectivity index (χ4v) is 2.01. The van der Waals surface area contributed by atoms with E-state index in [2.05, 4.69) is 44.5 Å². The molecule has 98 valence electrons. The van der Waals surface area contributed by atoms with Crippen molar-refractivity contribution >= 4 is 0 Å². The molecule has 0 bridgehead atoms. The van der Waals surface area contributed by atoms with Crippen LogP contribution >= 0.6 is 0 Å². The summed E-state index contributed by atoms with van der Waals surface area (Å²) in [6.45, 7) is 16.3. The van der Waals surface area contributed by atoms with E-state index in [-0.39, 0.29) is 0 Å². The van der Waals surface area contributed by atoms with Gasteiger partial charge >= 0.3 is 0 Å². The van der Waals surface area contributed by atoms with Crippen molar-refractivity contribution < 1.29 is 0 Å². The Morgan fingerprint density at radius 2 is 1.41 bits per heavy atom. The molecular formula is C15H28N2. The minimum Gasteiger partial charge on any atom is -0.299 e. The molecule has 0 aliphatic heterocycles. The average molecular weight is 236 g/mol. The van der Waals surface area contributed by atoms with Gasteiger partial charge in [-0.15, -0.1) is 0 Å². The molecule has 2 heteroatoms. The van der Waals surface area contributed by atoms with E-state index in [1.165, 1.54) is 0 Å². The van der Waals surface area contributed by atoms with E-state index in [0.717, 1.165) is 17.9 Å². The first-order valence-corrected chi connectivity index (χ1v) is 6.54. The van der Waals surface area contributed by atoms with Gasteiger partial charge in [0.2, 0.25) is 0 Å². The Bertz CT molecular complexity index is 280. The molecule has 2 nitrogen and oxygen atoms in total. The number of aryl methyl sites for hydroxylation is 2. The van der Waals surface area contributed by atoms with E-state index in [1.807, 2.05) is 32.0 Å². The maximum Gasteiger partial charge on any atom is 0.0375 e. The first-order chi connectivity index (χ1) is 7.88. The maximum atomic E-state index is 4.17. The highest BCUT2D eigenvalue weighted by Crippen LogP contribution is 2.02. The monoisotopic (exact) mass is 236 g/mol. The lowest BCUT2D eigenvalue weighted by molar-refractivity contribution is 0.185. The van der Waals surface area contributed by atoms with Crippen LogP contribution in [-0.4, -0.2) is 28.5 Å². The van der Waals surface area contributed by atoms with E-state index in [0.29, 0.717) is 12.1 Å². The standard InChI is InChI=1S/C8H19N.C7H9N/c1-6-9(7(2)3)8(4)5;1-6-4-3-5-7(2)8-6/h7-8H,6H2,1-5H3;3-5H,1-2H3. The fourth-order valence-electron chi connectivity index (χ4n) is 2.01. The summed E-state index contributed by atoms with van der Waals surface area (Å²) in [7, 11) is 0. The molecule has 1 aromatic heterocycles. The quantitative estimate of drug-likeness (QED) is 0.793. The van der Waals surface area contributed by atoms with Gasteiger partial charge in [0, 0.05) is 23.5 Å².